The van der Waals surface area contributed by atoms with Gasteiger partial charge in [0.25, 0.3) is 5.91 Å². The highest BCUT2D eigenvalue weighted by molar-refractivity contribution is 7.22. The van der Waals surface area contributed by atoms with Gasteiger partial charge in [-0.1, -0.05) is 53.3 Å². The molecule has 4 rings (SSSR count). The van der Waals surface area contributed by atoms with Gasteiger partial charge in [-0.05, 0) is 18.6 Å². The maximum atomic E-state index is 13.4. The summed E-state index contributed by atoms with van der Waals surface area (Å²) in [6.45, 7) is 2.11. The predicted molar refractivity (Wildman–Crippen MR) is 105 cm³/mol. The van der Waals surface area contributed by atoms with Crippen LogP contribution in [0.25, 0.3) is 10.2 Å². The minimum absolute atomic E-state index is 0.206. The average molecular weight is 419 g/mol. The number of carbonyl (C=O) groups excluding carboxylic acids is 1. The lowest BCUT2D eigenvalue weighted by atomic mass is 10.2. The van der Waals surface area contributed by atoms with Gasteiger partial charge in [-0.15, -0.1) is 0 Å². The number of aryl methyl sites for hydroxylation is 1. The van der Waals surface area contributed by atoms with Gasteiger partial charge in [0.05, 0.1) is 28.0 Å². The molecule has 2 aromatic heterocycles. The summed E-state index contributed by atoms with van der Waals surface area (Å²) in [5.41, 5.74) is 1.96. The average Bonchev–Trinajstić information content (AvgIpc) is 3.15. The topological polar surface area (TPSA) is 59.8 Å². The zero-order valence-electron chi connectivity index (χ0n) is 14.5. The minimum Gasteiger partial charge on any atom is -0.298 e. The van der Waals surface area contributed by atoms with Crippen molar-refractivity contribution >= 4 is 44.2 Å². The third-order valence-electron chi connectivity index (χ3n) is 4.12. The van der Waals surface area contributed by atoms with E-state index in [4.69, 9.17) is 11.6 Å². The van der Waals surface area contributed by atoms with Gasteiger partial charge in [-0.2, -0.15) is 5.10 Å². The molecule has 1 amide bonds. The van der Waals surface area contributed by atoms with Crippen LogP contribution in [0.15, 0.2) is 42.5 Å². The fourth-order valence-corrected chi connectivity index (χ4v) is 4.00. The maximum absolute atomic E-state index is 13.4. The van der Waals surface area contributed by atoms with Crippen molar-refractivity contribution in [2.45, 2.75) is 13.5 Å². The number of carbonyl (C=O) groups is 1. The highest BCUT2D eigenvalue weighted by Crippen LogP contribution is 2.29. The smallest absolute Gasteiger partial charge is 0.262 e. The third-order valence-corrected chi connectivity index (χ3v) is 5.44. The number of anilines is 1. The van der Waals surface area contributed by atoms with Gasteiger partial charge < -0.3 is 0 Å². The van der Waals surface area contributed by atoms with Crippen LogP contribution in [0, 0.1) is 18.6 Å². The molecular formula is C19H13ClF2N4OS. The van der Waals surface area contributed by atoms with Gasteiger partial charge in [-0.25, -0.2) is 18.4 Å². The van der Waals surface area contributed by atoms with Crippen molar-refractivity contribution in [1.82, 2.24) is 14.8 Å². The number of benzene rings is 2. The molecule has 9 heteroatoms. The summed E-state index contributed by atoms with van der Waals surface area (Å²) in [6.07, 6.45) is 0. The van der Waals surface area contributed by atoms with Crippen LogP contribution < -0.4 is 5.32 Å². The number of halogens is 3. The summed E-state index contributed by atoms with van der Waals surface area (Å²) in [4.78, 5) is 16.8. The highest BCUT2D eigenvalue weighted by Gasteiger charge is 2.22. The van der Waals surface area contributed by atoms with Crippen molar-refractivity contribution in [3.8, 4) is 0 Å². The van der Waals surface area contributed by atoms with E-state index in [1.807, 2.05) is 30.3 Å². The Labute approximate surface area is 167 Å². The Morgan fingerprint density at radius 1 is 1.21 bits per heavy atom. The first kappa shape index (κ1) is 18.5. The van der Waals surface area contributed by atoms with Gasteiger partial charge in [0.2, 0.25) is 0 Å². The maximum Gasteiger partial charge on any atom is 0.262 e. The molecule has 0 aliphatic carbocycles. The highest BCUT2D eigenvalue weighted by atomic mass is 35.5. The van der Waals surface area contributed by atoms with Crippen molar-refractivity contribution in [3.63, 3.8) is 0 Å². The standard InChI is InChI=1S/C19H13ClF2N4OS/c1-10-16(17(20)26(25-10)9-11-5-3-2-4-6-11)18(27)24-19-23-14-7-12(21)13(22)8-15(14)28-19/h2-8H,9H2,1H3,(H,23,24,27). The predicted octanol–water partition coefficient (Wildman–Crippen LogP) is 5.03. The van der Waals surface area contributed by atoms with Gasteiger partial charge in [0, 0.05) is 6.07 Å². The van der Waals surface area contributed by atoms with Gasteiger partial charge in [0.1, 0.15) is 5.15 Å². The van der Waals surface area contributed by atoms with Crippen LogP contribution in [0.2, 0.25) is 5.15 Å². The zero-order chi connectivity index (χ0) is 19.8. The molecule has 1 N–H and O–H groups in total. The van der Waals surface area contributed by atoms with Gasteiger partial charge in [0.15, 0.2) is 16.8 Å². The molecule has 2 aromatic carbocycles. The number of fused-ring (bicyclic) bond motifs is 1. The van der Waals surface area contributed by atoms with E-state index in [2.05, 4.69) is 15.4 Å². The Morgan fingerprint density at radius 2 is 1.93 bits per heavy atom. The summed E-state index contributed by atoms with van der Waals surface area (Å²) in [6, 6.07) is 11.6. The van der Waals surface area contributed by atoms with Crippen LogP contribution in [-0.4, -0.2) is 20.7 Å². The van der Waals surface area contributed by atoms with E-state index >= 15 is 0 Å². The molecule has 0 aliphatic heterocycles. The third kappa shape index (κ3) is 3.48. The van der Waals surface area contributed by atoms with Crippen molar-refractivity contribution in [1.29, 1.82) is 0 Å². The lowest BCUT2D eigenvalue weighted by molar-refractivity contribution is 0.102. The molecule has 0 radical (unpaired) electrons. The summed E-state index contributed by atoms with van der Waals surface area (Å²) < 4.78 is 28.7. The number of thiazole rings is 1. The second-order valence-electron chi connectivity index (χ2n) is 6.10. The van der Waals surface area contributed by atoms with Crippen molar-refractivity contribution < 1.29 is 13.6 Å². The van der Waals surface area contributed by atoms with Crippen LogP contribution in [-0.2, 0) is 6.54 Å². The first-order valence-electron chi connectivity index (χ1n) is 8.26. The van der Waals surface area contributed by atoms with E-state index in [9.17, 15) is 13.6 Å². The second kappa shape index (κ2) is 7.29. The van der Waals surface area contributed by atoms with Crippen LogP contribution in [0.3, 0.4) is 0 Å². The van der Waals surface area contributed by atoms with Crippen LogP contribution in [0.5, 0.6) is 0 Å². The molecule has 2 heterocycles. The van der Waals surface area contributed by atoms with Crippen LogP contribution in [0.4, 0.5) is 13.9 Å². The van der Waals surface area contributed by atoms with Crippen molar-refractivity contribution in [2.24, 2.45) is 0 Å². The number of nitrogens with zero attached hydrogens (tertiary/aromatic N) is 3. The number of rotatable bonds is 4. The van der Waals surface area contributed by atoms with Crippen molar-refractivity contribution in [3.05, 3.63) is 76.1 Å². The summed E-state index contributed by atoms with van der Waals surface area (Å²) in [5.74, 6) is -2.44. The molecule has 0 spiro atoms. The first-order chi connectivity index (χ1) is 13.4. The first-order valence-corrected chi connectivity index (χ1v) is 9.45. The summed E-state index contributed by atoms with van der Waals surface area (Å²) >= 11 is 7.43. The summed E-state index contributed by atoms with van der Waals surface area (Å²) in [5, 5.41) is 7.40. The summed E-state index contributed by atoms with van der Waals surface area (Å²) in [7, 11) is 0. The normalized spacial score (nSPS) is 11.1. The molecule has 142 valence electrons. The number of nitrogens with one attached hydrogen (secondary N) is 1. The second-order valence-corrected chi connectivity index (χ2v) is 7.49. The lowest BCUT2D eigenvalue weighted by Gasteiger charge is -2.04. The Morgan fingerprint density at radius 3 is 2.68 bits per heavy atom. The van der Waals surface area contributed by atoms with E-state index in [0.29, 0.717) is 16.9 Å². The van der Waals surface area contributed by atoms with E-state index < -0.39 is 17.5 Å². The van der Waals surface area contributed by atoms with E-state index in [1.165, 1.54) is 0 Å². The lowest BCUT2D eigenvalue weighted by Crippen LogP contribution is -2.13. The largest absolute Gasteiger partial charge is 0.298 e. The van der Waals surface area contributed by atoms with Crippen molar-refractivity contribution in [2.75, 3.05) is 5.32 Å². The quantitative estimate of drug-likeness (QED) is 0.505. The zero-order valence-corrected chi connectivity index (χ0v) is 16.1. The molecule has 0 bridgehead atoms. The van der Waals surface area contributed by atoms with Gasteiger partial charge in [-0.3, -0.25) is 10.1 Å². The Kier molecular flexibility index (Phi) is 4.82. The Hall–Kier alpha value is -2.84. The molecule has 0 aliphatic rings. The monoisotopic (exact) mass is 418 g/mol. The van der Waals surface area contributed by atoms with Gasteiger partial charge >= 0.3 is 0 Å². The van der Waals surface area contributed by atoms with Crippen LogP contribution in [0.1, 0.15) is 21.6 Å². The number of hydrogen-bond acceptors (Lipinski definition) is 4. The van der Waals surface area contributed by atoms with E-state index in [1.54, 1.807) is 11.6 Å². The molecule has 0 saturated carbocycles. The Balaban J connectivity index is 1.60. The van der Waals surface area contributed by atoms with E-state index in [-0.39, 0.29) is 21.4 Å². The SMILES string of the molecule is Cc1nn(Cc2ccccc2)c(Cl)c1C(=O)Nc1nc2cc(F)c(F)cc2s1. The number of amides is 1. The molecular weight excluding hydrogens is 406 g/mol. The molecule has 4 aromatic rings. The molecule has 0 atom stereocenters. The molecule has 0 fully saturated rings. The minimum atomic E-state index is -0.989. The molecule has 0 saturated heterocycles. The number of hydrogen-bond donors (Lipinski definition) is 1. The number of aromatic nitrogens is 3. The molecule has 5 nitrogen and oxygen atoms in total. The van der Waals surface area contributed by atoms with E-state index in [0.717, 1.165) is 29.0 Å². The fourth-order valence-electron chi connectivity index (χ4n) is 2.81. The fraction of sp³-hybridized carbons (Fsp3) is 0.105. The Bertz CT molecular complexity index is 1150. The van der Waals surface area contributed by atoms with Crippen LogP contribution >= 0.6 is 22.9 Å². The molecule has 28 heavy (non-hydrogen) atoms. The molecule has 0 unspecified atom stereocenters.